The summed E-state index contributed by atoms with van der Waals surface area (Å²) in [6.45, 7) is 5.62. The average Bonchev–Trinajstić information content (AvgIpc) is 3.15. The molecule has 20 heavy (non-hydrogen) atoms. The number of nitrogens with one attached hydrogen (secondary N) is 1. The summed E-state index contributed by atoms with van der Waals surface area (Å²) in [4.78, 5) is 6.18. The van der Waals surface area contributed by atoms with E-state index >= 15 is 0 Å². The molecule has 0 saturated carbocycles. The first-order valence-electron chi connectivity index (χ1n) is 7.22. The summed E-state index contributed by atoms with van der Waals surface area (Å²) in [5, 5.41) is 4.62. The van der Waals surface area contributed by atoms with Crippen LogP contribution < -0.4 is 5.32 Å². The molecule has 2 aromatic rings. The van der Waals surface area contributed by atoms with Gasteiger partial charge >= 0.3 is 0 Å². The standard InChI is InChI=1S/C16H20N2OS/c1-2-17-10-14-15(12-6-4-3-5-7-12)20-16(18-14)13-8-9-19-11-13/h3-7,13,17H,2,8-11H2,1H3. The van der Waals surface area contributed by atoms with E-state index in [1.165, 1.54) is 21.1 Å². The maximum absolute atomic E-state index is 5.50. The Bertz CT molecular complexity index is 547. The third-order valence-electron chi connectivity index (χ3n) is 3.57. The number of benzene rings is 1. The molecule has 1 atom stereocenters. The lowest BCUT2D eigenvalue weighted by Crippen LogP contribution is -2.12. The summed E-state index contributed by atoms with van der Waals surface area (Å²) in [7, 11) is 0. The zero-order chi connectivity index (χ0) is 13.8. The second kappa shape index (κ2) is 6.48. The second-order valence-corrected chi connectivity index (χ2v) is 6.07. The second-order valence-electron chi connectivity index (χ2n) is 5.03. The molecule has 106 valence electrons. The van der Waals surface area contributed by atoms with Crippen LogP contribution in [0.15, 0.2) is 30.3 Å². The van der Waals surface area contributed by atoms with Gasteiger partial charge in [0.05, 0.1) is 22.2 Å². The highest BCUT2D eigenvalue weighted by Crippen LogP contribution is 2.36. The quantitative estimate of drug-likeness (QED) is 0.915. The summed E-state index contributed by atoms with van der Waals surface area (Å²) in [5.74, 6) is 0.484. The van der Waals surface area contributed by atoms with Gasteiger partial charge < -0.3 is 10.1 Å². The van der Waals surface area contributed by atoms with Gasteiger partial charge in [-0.1, -0.05) is 37.3 Å². The summed E-state index contributed by atoms with van der Waals surface area (Å²) in [5.41, 5.74) is 2.44. The third kappa shape index (κ3) is 2.92. The molecule has 4 heteroatoms. The Kier molecular flexibility index (Phi) is 4.45. The Hall–Kier alpha value is -1.23. The van der Waals surface area contributed by atoms with Crippen molar-refractivity contribution in [3.63, 3.8) is 0 Å². The maximum atomic E-state index is 5.50. The molecule has 1 aromatic heterocycles. The number of nitrogens with zero attached hydrogens (tertiary/aromatic N) is 1. The van der Waals surface area contributed by atoms with E-state index in [2.05, 4.69) is 42.6 Å². The Morgan fingerprint density at radius 2 is 2.20 bits per heavy atom. The molecule has 0 amide bonds. The first-order valence-corrected chi connectivity index (χ1v) is 8.03. The van der Waals surface area contributed by atoms with Crippen molar-refractivity contribution in [3.8, 4) is 10.4 Å². The molecule has 3 rings (SSSR count). The summed E-state index contributed by atoms with van der Waals surface area (Å²) >= 11 is 1.83. The highest BCUT2D eigenvalue weighted by atomic mass is 32.1. The van der Waals surface area contributed by atoms with Gasteiger partial charge in [0.25, 0.3) is 0 Å². The topological polar surface area (TPSA) is 34.2 Å². The molecule has 1 N–H and O–H groups in total. The van der Waals surface area contributed by atoms with E-state index in [9.17, 15) is 0 Å². The number of hydrogen-bond donors (Lipinski definition) is 1. The van der Waals surface area contributed by atoms with Crippen molar-refractivity contribution >= 4 is 11.3 Å². The van der Waals surface area contributed by atoms with Gasteiger partial charge in [-0.25, -0.2) is 4.98 Å². The van der Waals surface area contributed by atoms with Crippen LogP contribution in [-0.4, -0.2) is 24.7 Å². The number of rotatable bonds is 5. The number of hydrogen-bond acceptors (Lipinski definition) is 4. The zero-order valence-corrected chi connectivity index (χ0v) is 12.6. The maximum Gasteiger partial charge on any atom is 0.0990 e. The van der Waals surface area contributed by atoms with E-state index in [1.54, 1.807) is 0 Å². The van der Waals surface area contributed by atoms with E-state index < -0.39 is 0 Å². The molecule has 1 fully saturated rings. The molecule has 0 radical (unpaired) electrons. The van der Waals surface area contributed by atoms with E-state index in [0.29, 0.717) is 5.92 Å². The van der Waals surface area contributed by atoms with Gasteiger partial charge in [0.2, 0.25) is 0 Å². The van der Waals surface area contributed by atoms with Crippen molar-refractivity contribution in [1.29, 1.82) is 0 Å². The van der Waals surface area contributed by atoms with E-state index in [0.717, 1.165) is 32.7 Å². The molecule has 1 aliphatic rings. The van der Waals surface area contributed by atoms with Crippen LogP contribution in [0.25, 0.3) is 10.4 Å². The van der Waals surface area contributed by atoms with Crippen LogP contribution >= 0.6 is 11.3 Å². The Morgan fingerprint density at radius 3 is 2.90 bits per heavy atom. The largest absolute Gasteiger partial charge is 0.381 e. The highest BCUT2D eigenvalue weighted by Gasteiger charge is 2.23. The molecule has 1 aromatic carbocycles. The van der Waals surface area contributed by atoms with Gasteiger partial charge in [0.15, 0.2) is 0 Å². The Labute approximate surface area is 124 Å². The first kappa shape index (κ1) is 13.7. The van der Waals surface area contributed by atoms with Crippen molar-refractivity contribution in [1.82, 2.24) is 10.3 Å². The minimum Gasteiger partial charge on any atom is -0.381 e. The van der Waals surface area contributed by atoms with Gasteiger partial charge in [-0.3, -0.25) is 0 Å². The van der Waals surface area contributed by atoms with Crippen molar-refractivity contribution in [2.45, 2.75) is 25.8 Å². The average molecular weight is 288 g/mol. The van der Waals surface area contributed by atoms with Crippen LogP contribution in [0.3, 0.4) is 0 Å². The molecule has 0 bridgehead atoms. The minimum atomic E-state index is 0.484. The summed E-state index contributed by atoms with van der Waals surface area (Å²) < 4.78 is 5.50. The lowest BCUT2D eigenvalue weighted by Gasteiger charge is -2.02. The van der Waals surface area contributed by atoms with E-state index in [-0.39, 0.29) is 0 Å². The SMILES string of the molecule is CCNCc1nc(C2CCOC2)sc1-c1ccccc1. The van der Waals surface area contributed by atoms with E-state index in [1.807, 2.05) is 11.3 Å². The van der Waals surface area contributed by atoms with Gasteiger partial charge in [0.1, 0.15) is 0 Å². The predicted octanol–water partition coefficient (Wildman–Crippen LogP) is 3.42. The molecule has 2 heterocycles. The smallest absolute Gasteiger partial charge is 0.0990 e. The number of thiazole rings is 1. The molecular formula is C16H20N2OS. The molecule has 3 nitrogen and oxygen atoms in total. The van der Waals surface area contributed by atoms with Crippen LogP contribution in [0.4, 0.5) is 0 Å². The van der Waals surface area contributed by atoms with Gasteiger partial charge in [-0.05, 0) is 18.5 Å². The minimum absolute atomic E-state index is 0.484. The van der Waals surface area contributed by atoms with Crippen LogP contribution in [0, 0.1) is 0 Å². The monoisotopic (exact) mass is 288 g/mol. The molecule has 1 unspecified atom stereocenters. The van der Waals surface area contributed by atoms with Crippen LogP contribution in [0.2, 0.25) is 0 Å². The fourth-order valence-corrected chi connectivity index (χ4v) is 3.66. The fourth-order valence-electron chi connectivity index (χ4n) is 2.45. The predicted molar refractivity (Wildman–Crippen MR) is 83.1 cm³/mol. The fraction of sp³-hybridized carbons (Fsp3) is 0.438. The van der Waals surface area contributed by atoms with Crippen molar-refractivity contribution in [2.24, 2.45) is 0 Å². The van der Waals surface area contributed by atoms with Gasteiger partial charge in [0, 0.05) is 19.1 Å². The lowest BCUT2D eigenvalue weighted by atomic mass is 10.1. The van der Waals surface area contributed by atoms with Gasteiger partial charge in [-0.2, -0.15) is 0 Å². The van der Waals surface area contributed by atoms with Crippen LogP contribution in [0.1, 0.15) is 30.0 Å². The summed E-state index contributed by atoms with van der Waals surface area (Å²) in [6, 6.07) is 10.6. The normalized spacial score (nSPS) is 18.6. The van der Waals surface area contributed by atoms with Crippen molar-refractivity contribution in [3.05, 3.63) is 41.0 Å². The lowest BCUT2D eigenvalue weighted by molar-refractivity contribution is 0.194. The molecule has 0 aliphatic carbocycles. The highest BCUT2D eigenvalue weighted by molar-refractivity contribution is 7.15. The Morgan fingerprint density at radius 1 is 1.35 bits per heavy atom. The van der Waals surface area contributed by atoms with Crippen LogP contribution in [-0.2, 0) is 11.3 Å². The van der Waals surface area contributed by atoms with Crippen LogP contribution in [0.5, 0.6) is 0 Å². The molecular weight excluding hydrogens is 268 g/mol. The van der Waals surface area contributed by atoms with Crippen molar-refractivity contribution in [2.75, 3.05) is 19.8 Å². The first-order chi connectivity index (χ1) is 9.88. The number of ether oxygens (including phenoxy) is 1. The molecule has 1 aliphatic heterocycles. The molecule has 0 spiro atoms. The van der Waals surface area contributed by atoms with Crippen molar-refractivity contribution < 1.29 is 4.74 Å². The van der Waals surface area contributed by atoms with E-state index in [4.69, 9.17) is 9.72 Å². The molecule has 1 saturated heterocycles. The zero-order valence-electron chi connectivity index (χ0n) is 11.8. The third-order valence-corrected chi connectivity index (χ3v) is 4.88. The number of aromatic nitrogens is 1. The summed E-state index contributed by atoms with van der Waals surface area (Å²) in [6.07, 6.45) is 1.10. The van der Waals surface area contributed by atoms with Gasteiger partial charge in [-0.15, -0.1) is 11.3 Å². The Balaban J connectivity index is 1.93.